The summed E-state index contributed by atoms with van der Waals surface area (Å²) < 4.78 is 0. The van der Waals surface area contributed by atoms with Gasteiger partial charge in [0.1, 0.15) is 0 Å². The van der Waals surface area contributed by atoms with Gasteiger partial charge >= 0.3 is 0 Å². The van der Waals surface area contributed by atoms with Crippen molar-refractivity contribution in [1.29, 1.82) is 0 Å². The van der Waals surface area contributed by atoms with Crippen molar-refractivity contribution >= 4 is 34.5 Å². The van der Waals surface area contributed by atoms with Gasteiger partial charge in [0.15, 0.2) is 0 Å². The highest BCUT2D eigenvalue weighted by molar-refractivity contribution is 7.14. The van der Waals surface area contributed by atoms with Crippen LogP contribution in [-0.4, -0.2) is 5.91 Å². The number of fused-ring (bicyclic) bond motifs is 1. The quantitative estimate of drug-likeness (QED) is 0.815. The van der Waals surface area contributed by atoms with E-state index in [9.17, 15) is 4.79 Å². The first-order valence-corrected chi connectivity index (χ1v) is 8.43. The van der Waals surface area contributed by atoms with E-state index in [0.29, 0.717) is 5.02 Å². The molecule has 0 aliphatic heterocycles. The van der Waals surface area contributed by atoms with Gasteiger partial charge in [-0.2, -0.15) is 0 Å². The predicted molar refractivity (Wildman–Crippen MR) is 89.8 cm³/mol. The van der Waals surface area contributed by atoms with E-state index in [-0.39, 0.29) is 5.91 Å². The summed E-state index contributed by atoms with van der Waals surface area (Å²) in [4.78, 5) is 14.6. The molecule has 0 bridgehead atoms. The van der Waals surface area contributed by atoms with Crippen molar-refractivity contribution < 1.29 is 4.79 Å². The van der Waals surface area contributed by atoms with Crippen molar-refractivity contribution in [1.82, 2.24) is 0 Å². The van der Waals surface area contributed by atoms with Gasteiger partial charge in [0.2, 0.25) is 0 Å². The molecule has 1 aliphatic rings. The van der Waals surface area contributed by atoms with Gasteiger partial charge in [-0.3, -0.25) is 4.79 Å². The summed E-state index contributed by atoms with van der Waals surface area (Å²) >= 11 is 7.88. The summed E-state index contributed by atoms with van der Waals surface area (Å²) in [5.41, 5.74) is 4.17. The fourth-order valence-electron chi connectivity index (χ4n) is 2.85. The van der Waals surface area contributed by atoms with E-state index in [1.807, 2.05) is 32.0 Å². The summed E-state index contributed by atoms with van der Waals surface area (Å²) in [6, 6.07) is 5.95. The third-order valence-corrected chi connectivity index (χ3v) is 5.42. The monoisotopic (exact) mass is 319 g/mol. The van der Waals surface area contributed by atoms with Gasteiger partial charge in [-0.15, -0.1) is 11.3 Å². The van der Waals surface area contributed by atoms with Gasteiger partial charge in [-0.25, -0.2) is 0 Å². The number of anilines is 1. The normalized spacial score (nSPS) is 13.9. The lowest BCUT2D eigenvalue weighted by Crippen LogP contribution is -2.11. The van der Waals surface area contributed by atoms with Gasteiger partial charge < -0.3 is 5.32 Å². The molecule has 0 fully saturated rings. The maximum Gasteiger partial charge on any atom is 0.265 e. The fraction of sp³-hybridized carbons (Fsp3) is 0.353. The molecule has 3 rings (SSSR count). The molecule has 0 unspecified atom stereocenters. The first kappa shape index (κ1) is 14.6. The molecule has 1 N–H and O–H groups in total. The first-order chi connectivity index (χ1) is 10.0. The van der Waals surface area contributed by atoms with Crippen LogP contribution in [0.25, 0.3) is 0 Å². The number of amides is 1. The zero-order chi connectivity index (χ0) is 15.0. The Kier molecular flexibility index (Phi) is 4.05. The van der Waals surface area contributed by atoms with Crippen LogP contribution >= 0.6 is 22.9 Å². The molecule has 2 aromatic rings. The molecule has 0 spiro atoms. The maximum absolute atomic E-state index is 12.5. The van der Waals surface area contributed by atoms with Crippen LogP contribution in [0, 0.1) is 13.8 Å². The summed E-state index contributed by atoms with van der Waals surface area (Å²) in [5, 5.41) is 3.57. The lowest BCUT2D eigenvalue weighted by Gasteiger charge is -2.10. The second-order valence-electron chi connectivity index (χ2n) is 5.66. The van der Waals surface area contributed by atoms with Crippen LogP contribution in [0.3, 0.4) is 0 Å². The number of hydrogen-bond acceptors (Lipinski definition) is 2. The highest BCUT2D eigenvalue weighted by atomic mass is 35.5. The maximum atomic E-state index is 12.5. The number of carbonyl (C=O) groups is 1. The van der Waals surface area contributed by atoms with Crippen molar-refractivity contribution in [3.05, 3.63) is 49.7 Å². The molecule has 1 aliphatic carbocycles. The number of halogens is 1. The highest BCUT2D eigenvalue weighted by Crippen LogP contribution is 2.32. The molecule has 1 amide bonds. The average Bonchev–Trinajstić information content (AvgIpc) is 2.86. The topological polar surface area (TPSA) is 29.1 Å². The van der Waals surface area contributed by atoms with Gasteiger partial charge in [-0.05, 0) is 68.4 Å². The molecule has 110 valence electrons. The third-order valence-electron chi connectivity index (χ3n) is 3.89. The fourth-order valence-corrected chi connectivity index (χ4v) is 4.37. The second-order valence-corrected chi connectivity index (χ2v) is 7.20. The molecule has 2 nitrogen and oxygen atoms in total. The Morgan fingerprint density at radius 1 is 1.19 bits per heavy atom. The van der Waals surface area contributed by atoms with Crippen LogP contribution < -0.4 is 5.32 Å². The molecule has 1 aromatic carbocycles. The van der Waals surface area contributed by atoms with Crippen LogP contribution in [0.1, 0.15) is 44.1 Å². The van der Waals surface area contributed by atoms with Crippen molar-refractivity contribution in [3.8, 4) is 0 Å². The van der Waals surface area contributed by atoms with Gasteiger partial charge in [0.05, 0.1) is 15.6 Å². The summed E-state index contributed by atoms with van der Waals surface area (Å²) in [6.45, 7) is 3.96. The van der Waals surface area contributed by atoms with Crippen molar-refractivity contribution in [3.63, 3.8) is 0 Å². The number of carbonyl (C=O) groups excluding carboxylic acids is 1. The van der Waals surface area contributed by atoms with Gasteiger partial charge in [-0.1, -0.05) is 17.7 Å². The standard InChI is InChI=1S/C17H18ClNOS/c1-10-7-11(2)16(13(18)8-10)19-17(20)15-9-12-5-3-4-6-14(12)21-15/h7-9H,3-6H2,1-2H3,(H,19,20). The lowest BCUT2D eigenvalue weighted by molar-refractivity contribution is 0.103. The van der Waals surface area contributed by atoms with E-state index in [0.717, 1.165) is 34.5 Å². The van der Waals surface area contributed by atoms with Crippen LogP contribution in [0.2, 0.25) is 5.02 Å². The Morgan fingerprint density at radius 2 is 1.95 bits per heavy atom. The minimum absolute atomic E-state index is 0.0525. The first-order valence-electron chi connectivity index (χ1n) is 7.24. The Labute approximate surface area is 134 Å². The smallest absolute Gasteiger partial charge is 0.265 e. The van der Waals surface area contributed by atoms with Crippen LogP contribution in [0.15, 0.2) is 18.2 Å². The summed E-state index contributed by atoms with van der Waals surface area (Å²) in [5.74, 6) is -0.0525. The number of thiophene rings is 1. The second kappa shape index (κ2) is 5.82. The Balaban J connectivity index is 1.85. The van der Waals surface area contributed by atoms with Crippen LogP contribution in [0.5, 0.6) is 0 Å². The van der Waals surface area contributed by atoms with E-state index in [4.69, 9.17) is 11.6 Å². The summed E-state index contributed by atoms with van der Waals surface area (Å²) in [7, 11) is 0. The SMILES string of the molecule is Cc1cc(C)c(NC(=O)c2cc3c(s2)CCCC3)c(Cl)c1. The van der Waals surface area contributed by atoms with Crippen molar-refractivity contribution in [2.75, 3.05) is 5.32 Å². The Hall–Kier alpha value is -1.32. The zero-order valence-corrected chi connectivity index (χ0v) is 13.8. The van der Waals surface area contributed by atoms with E-state index in [1.54, 1.807) is 11.3 Å². The molecular formula is C17H18ClNOS. The molecule has 1 aromatic heterocycles. The van der Waals surface area contributed by atoms with E-state index in [2.05, 4.69) is 5.32 Å². The van der Waals surface area contributed by atoms with Crippen molar-refractivity contribution in [2.45, 2.75) is 39.5 Å². The minimum atomic E-state index is -0.0525. The lowest BCUT2D eigenvalue weighted by atomic mass is 9.99. The molecule has 4 heteroatoms. The van der Waals surface area contributed by atoms with E-state index in [1.165, 1.54) is 23.3 Å². The van der Waals surface area contributed by atoms with Gasteiger partial charge in [0, 0.05) is 4.88 Å². The molecule has 0 saturated heterocycles. The number of hydrogen-bond donors (Lipinski definition) is 1. The largest absolute Gasteiger partial charge is 0.320 e. The minimum Gasteiger partial charge on any atom is -0.320 e. The third kappa shape index (κ3) is 2.99. The van der Waals surface area contributed by atoms with E-state index >= 15 is 0 Å². The molecule has 0 saturated carbocycles. The molecule has 21 heavy (non-hydrogen) atoms. The average molecular weight is 320 g/mol. The molecule has 1 heterocycles. The zero-order valence-electron chi connectivity index (χ0n) is 12.3. The number of rotatable bonds is 2. The molecule has 0 atom stereocenters. The molecule has 0 radical (unpaired) electrons. The highest BCUT2D eigenvalue weighted by Gasteiger charge is 2.18. The molecular weight excluding hydrogens is 302 g/mol. The number of benzene rings is 1. The summed E-state index contributed by atoms with van der Waals surface area (Å²) in [6.07, 6.45) is 4.67. The van der Waals surface area contributed by atoms with Gasteiger partial charge in [0.25, 0.3) is 5.91 Å². The van der Waals surface area contributed by atoms with E-state index < -0.39 is 0 Å². The van der Waals surface area contributed by atoms with Crippen molar-refractivity contribution in [2.24, 2.45) is 0 Å². The number of nitrogens with one attached hydrogen (secondary N) is 1. The Morgan fingerprint density at radius 3 is 2.67 bits per heavy atom. The van der Waals surface area contributed by atoms with Crippen LogP contribution in [-0.2, 0) is 12.8 Å². The predicted octanol–water partition coefficient (Wildman–Crippen LogP) is 5.15. The number of aryl methyl sites for hydroxylation is 4. The van der Waals surface area contributed by atoms with Crippen LogP contribution in [0.4, 0.5) is 5.69 Å². The Bertz CT molecular complexity index is 658.